The number of benzene rings is 2. The molecule has 4 heteroatoms. The molecule has 0 aliphatic carbocycles. The largest absolute Gasteiger partial charge is 0.492 e. The van der Waals surface area contributed by atoms with Crippen LogP contribution in [0, 0.1) is 6.92 Å². The van der Waals surface area contributed by atoms with Crippen LogP contribution < -0.4 is 15.4 Å². The minimum absolute atomic E-state index is 0.0811. The van der Waals surface area contributed by atoms with Crippen LogP contribution in [0.25, 0.3) is 0 Å². The first kappa shape index (κ1) is 14.9. The van der Waals surface area contributed by atoms with Gasteiger partial charge < -0.3 is 15.4 Å². The topological polar surface area (TPSA) is 50.4 Å². The molecule has 2 aromatic carbocycles. The second-order valence-corrected chi connectivity index (χ2v) is 4.82. The number of anilines is 2. The van der Waals surface area contributed by atoms with Gasteiger partial charge in [-0.15, -0.1) is 0 Å². The maximum Gasteiger partial charge on any atom is 0.221 e. The predicted molar refractivity (Wildman–Crippen MR) is 85.9 cm³/mol. The van der Waals surface area contributed by atoms with Gasteiger partial charge >= 0.3 is 0 Å². The van der Waals surface area contributed by atoms with E-state index in [9.17, 15) is 4.79 Å². The Balaban J connectivity index is 1.90. The summed E-state index contributed by atoms with van der Waals surface area (Å²) in [5.41, 5.74) is 2.82. The van der Waals surface area contributed by atoms with Gasteiger partial charge in [0.05, 0.1) is 11.4 Å². The van der Waals surface area contributed by atoms with Gasteiger partial charge in [0.25, 0.3) is 0 Å². The zero-order valence-electron chi connectivity index (χ0n) is 12.3. The Bertz CT molecular complexity index is 597. The summed E-state index contributed by atoms with van der Waals surface area (Å²) in [6, 6.07) is 15.6. The van der Waals surface area contributed by atoms with E-state index in [-0.39, 0.29) is 5.91 Å². The average molecular weight is 284 g/mol. The highest BCUT2D eigenvalue weighted by atomic mass is 16.5. The Morgan fingerprint density at radius 1 is 1.10 bits per heavy atom. The summed E-state index contributed by atoms with van der Waals surface area (Å²) < 4.78 is 5.63. The molecule has 0 saturated heterocycles. The van der Waals surface area contributed by atoms with Gasteiger partial charge in [-0.25, -0.2) is 0 Å². The van der Waals surface area contributed by atoms with Crippen molar-refractivity contribution in [2.45, 2.75) is 13.8 Å². The molecule has 0 unspecified atom stereocenters. The van der Waals surface area contributed by atoms with Crippen molar-refractivity contribution in [3.63, 3.8) is 0 Å². The Kier molecular flexibility index (Phi) is 5.21. The van der Waals surface area contributed by atoms with E-state index < -0.39 is 0 Å². The third kappa shape index (κ3) is 4.84. The van der Waals surface area contributed by atoms with E-state index in [4.69, 9.17) is 4.74 Å². The molecular formula is C17H20N2O2. The summed E-state index contributed by atoms with van der Waals surface area (Å²) in [6.07, 6.45) is 0. The van der Waals surface area contributed by atoms with Crippen LogP contribution in [0.4, 0.5) is 11.4 Å². The predicted octanol–water partition coefficient (Wildman–Crippen LogP) is 3.44. The molecule has 0 saturated carbocycles. The minimum Gasteiger partial charge on any atom is -0.492 e. The van der Waals surface area contributed by atoms with E-state index in [1.807, 2.05) is 55.5 Å². The van der Waals surface area contributed by atoms with Crippen molar-refractivity contribution in [1.29, 1.82) is 0 Å². The molecule has 0 radical (unpaired) electrons. The van der Waals surface area contributed by atoms with Crippen molar-refractivity contribution in [1.82, 2.24) is 0 Å². The number of hydrogen-bond donors (Lipinski definition) is 2. The maximum atomic E-state index is 11.2. The number of aryl methyl sites for hydroxylation is 1. The summed E-state index contributed by atoms with van der Waals surface area (Å²) >= 11 is 0. The standard InChI is InChI=1S/C17H20N2O2/c1-13-8-9-16(19-14(2)20)17(12-13)18-10-11-21-15-6-4-3-5-7-15/h3-9,12,18H,10-11H2,1-2H3,(H,19,20). The highest BCUT2D eigenvalue weighted by Gasteiger charge is 2.04. The van der Waals surface area contributed by atoms with Gasteiger partial charge in [0.1, 0.15) is 12.4 Å². The highest BCUT2D eigenvalue weighted by Crippen LogP contribution is 2.22. The molecule has 2 rings (SSSR count). The van der Waals surface area contributed by atoms with Crippen LogP contribution in [0.3, 0.4) is 0 Å². The fourth-order valence-corrected chi connectivity index (χ4v) is 1.97. The van der Waals surface area contributed by atoms with Crippen LogP contribution in [0.1, 0.15) is 12.5 Å². The van der Waals surface area contributed by atoms with Gasteiger partial charge in [-0.05, 0) is 36.8 Å². The maximum absolute atomic E-state index is 11.2. The molecule has 0 aliphatic heterocycles. The molecule has 0 spiro atoms. The summed E-state index contributed by atoms with van der Waals surface area (Å²) in [5, 5.41) is 6.11. The molecule has 0 heterocycles. The van der Waals surface area contributed by atoms with E-state index in [1.165, 1.54) is 6.92 Å². The summed E-state index contributed by atoms with van der Waals surface area (Å²) in [4.78, 5) is 11.2. The third-order valence-corrected chi connectivity index (χ3v) is 2.92. The Hall–Kier alpha value is -2.49. The smallest absolute Gasteiger partial charge is 0.221 e. The molecule has 0 aromatic heterocycles. The van der Waals surface area contributed by atoms with Crippen LogP contribution in [0.5, 0.6) is 5.75 Å². The van der Waals surface area contributed by atoms with Crippen LogP contribution in [-0.2, 0) is 4.79 Å². The van der Waals surface area contributed by atoms with E-state index in [1.54, 1.807) is 0 Å². The van der Waals surface area contributed by atoms with Crippen molar-refractivity contribution in [3.05, 3.63) is 54.1 Å². The van der Waals surface area contributed by atoms with Gasteiger partial charge in [-0.2, -0.15) is 0 Å². The van der Waals surface area contributed by atoms with Crippen molar-refractivity contribution >= 4 is 17.3 Å². The number of rotatable bonds is 6. The highest BCUT2D eigenvalue weighted by molar-refractivity contribution is 5.92. The second-order valence-electron chi connectivity index (χ2n) is 4.82. The average Bonchev–Trinajstić information content (AvgIpc) is 2.47. The molecule has 1 amide bonds. The Labute approximate surface area is 125 Å². The lowest BCUT2D eigenvalue weighted by molar-refractivity contribution is -0.114. The lowest BCUT2D eigenvalue weighted by Crippen LogP contribution is -2.14. The second kappa shape index (κ2) is 7.33. The first-order valence-electron chi connectivity index (χ1n) is 6.95. The van der Waals surface area contributed by atoms with E-state index >= 15 is 0 Å². The number of hydrogen-bond acceptors (Lipinski definition) is 3. The van der Waals surface area contributed by atoms with Gasteiger partial charge in [0, 0.05) is 13.5 Å². The van der Waals surface area contributed by atoms with Crippen LogP contribution in [0.15, 0.2) is 48.5 Å². The first-order valence-corrected chi connectivity index (χ1v) is 6.95. The fourth-order valence-electron chi connectivity index (χ4n) is 1.97. The number of carbonyl (C=O) groups is 1. The van der Waals surface area contributed by atoms with Gasteiger partial charge in [0.15, 0.2) is 0 Å². The molecule has 2 aromatic rings. The van der Waals surface area contributed by atoms with E-state index in [0.29, 0.717) is 13.2 Å². The van der Waals surface area contributed by atoms with E-state index in [2.05, 4.69) is 10.6 Å². The van der Waals surface area contributed by atoms with Crippen molar-refractivity contribution in [3.8, 4) is 5.75 Å². The monoisotopic (exact) mass is 284 g/mol. The number of carbonyl (C=O) groups excluding carboxylic acids is 1. The Morgan fingerprint density at radius 2 is 1.86 bits per heavy atom. The van der Waals surface area contributed by atoms with Crippen LogP contribution >= 0.6 is 0 Å². The molecule has 4 nitrogen and oxygen atoms in total. The molecule has 0 fully saturated rings. The van der Waals surface area contributed by atoms with E-state index in [0.717, 1.165) is 22.7 Å². The summed E-state index contributed by atoms with van der Waals surface area (Å²) in [5.74, 6) is 0.771. The molecule has 0 bridgehead atoms. The van der Waals surface area contributed by atoms with Crippen LogP contribution in [0.2, 0.25) is 0 Å². The number of para-hydroxylation sites is 1. The van der Waals surface area contributed by atoms with Gasteiger partial charge in [-0.1, -0.05) is 24.3 Å². The lowest BCUT2D eigenvalue weighted by atomic mass is 10.2. The summed E-state index contributed by atoms with van der Waals surface area (Å²) in [7, 11) is 0. The molecule has 0 aliphatic rings. The molecule has 0 atom stereocenters. The zero-order chi connectivity index (χ0) is 15.1. The fraction of sp³-hybridized carbons (Fsp3) is 0.235. The normalized spacial score (nSPS) is 10.0. The van der Waals surface area contributed by atoms with Crippen molar-refractivity contribution < 1.29 is 9.53 Å². The molecule has 110 valence electrons. The van der Waals surface area contributed by atoms with Crippen LogP contribution in [-0.4, -0.2) is 19.1 Å². The lowest BCUT2D eigenvalue weighted by Gasteiger charge is -2.13. The number of ether oxygens (including phenoxy) is 1. The molecular weight excluding hydrogens is 264 g/mol. The molecule has 21 heavy (non-hydrogen) atoms. The van der Waals surface area contributed by atoms with Crippen molar-refractivity contribution in [2.24, 2.45) is 0 Å². The minimum atomic E-state index is -0.0811. The molecule has 2 N–H and O–H groups in total. The first-order chi connectivity index (χ1) is 10.1. The SMILES string of the molecule is CC(=O)Nc1ccc(C)cc1NCCOc1ccccc1. The Morgan fingerprint density at radius 3 is 2.57 bits per heavy atom. The third-order valence-electron chi connectivity index (χ3n) is 2.92. The van der Waals surface area contributed by atoms with Crippen molar-refractivity contribution in [2.75, 3.05) is 23.8 Å². The number of nitrogens with one attached hydrogen (secondary N) is 2. The quantitative estimate of drug-likeness (QED) is 0.799. The van der Waals surface area contributed by atoms with Gasteiger partial charge in [-0.3, -0.25) is 4.79 Å². The van der Waals surface area contributed by atoms with Gasteiger partial charge in [0.2, 0.25) is 5.91 Å². The zero-order valence-corrected chi connectivity index (χ0v) is 12.3. The number of amides is 1. The summed E-state index contributed by atoms with van der Waals surface area (Å²) in [6.45, 7) is 4.73.